The van der Waals surface area contributed by atoms with Crippen LogP contribution in [0.2, 0.25) is 0 Å². The van der Waals surface area contributed by atoms with Crippen molar-refractivity contribution in [2.75, 3.05) is 37.5 Å². The lowest BCUT2D eigenvalue weighted by Crippen LogP contribution is -2.41. The van der Waals surface area contributed by atoms with E-state index in [-0.39, 0.29) is 41.8 Å². The number of piperidine rings is 1. The van der Waals surface area contributed by atoms with E-state index >= 15 is 0 Å². The van der Waals surface area contributed by atoms with Crippen LogP contribution in [-0.4, -0.2) is 57.9 Å². The van der Waals surface area contributed by atoms with Crippen LogP contribution in [0.25, 0.3) is 0 Å². The Morgan fingerprint density at radius 2 is 1.74 bits per heavy atom. The van der Waals surface area contributed by atoms with Gasteiger partial charge in [-0.2, -0.15) is 4.31 Å². The highest BCUT2D eigenvalue weighted by Crippen LogP contribution is 2.35. The lowest BCUT2D eigenvalue weighted by molar-refractivity contribution is -0.121. The van der Waals surface area contributed by atoms with Gasteiger partial charge in [0, 0.05) is 43.7 Å². The van der Waals surface area contributed by atoms with Crippen molar-refractivity contribution in [2.24, 2.45) is 5.92 Å². The molecule has 1 saturated heterocycles. The molecule has 1 N–H and O–H groups in total. The van der Waals surface area contributed by atoms with Gasteiger partial charge in [-0.05, 0) is 62.1 Å². The van der Waals surface area contributed by atoms with Crippen LogP contribution in [0.1, 0.15) is 32.3 Å². The molecule has 0 aromatic heterocycles. The van der Waals surface area contributed by atoms with Crippen molar-refractivity contribution in [3.05, 3.63) is 42.0 Å². The number of carbonyl (C=O) groups is 2. The zero-order chi connectivity index (χ0) is 25.3. The molecular formula is C25H31N3O6S. The van der Waals surface area contributed by atoms with E-state index in [1.54, 1.807) is 48.4 Å². The van der Waals surface area contributed by atoms with Crippen molar-refractivity contribution in [3.8, 4) is 11.5 Å². The quantitative estimate of drug-likeness (QED) is 0.652. The fraction of sp³-hybridized carbons (Fsp3) is 0.440. The predicted molar refractivity (Wildman–Crippen MR) is 132 cm³/mol. The molecule has 2 aromatic carbocycles. The number of hydrogen-bond donors (Lipinski definition) is 1. The second-order valence-electron chi connectivity index (χ2n) is 8.97. The summed E-state index contributed by atoms with van der Waals surface area (Å²) < 4.78 is 38.6. The molecule has 0 bridgehead atoms. The summed E-state index contributed by atoms with van der Waals surface area (Å²) in [6.07, 6.45) is 1.46. The number of fused-ring (bicyclic) bond motifs is 1. The first-order chi connectivity index (χ1) is 16.6. The summed E-state index contributed by atoms with van der Waals surface area (Å²) in [5.74, 6) is 0.583. The van der Waals surface area contributed by atoms with E-state index in [0.29, 0.717) is 36.4 Å². The van der Waals surface area contributed by atoms with Crippen LogP contribution in [0.15, 0.2) is 41.3 Å². The summed E-state index contributed by atoms with van der Waals surface area (Å²) in [5.41, 5.74) is 2.17. The molecule has 10 heteroatoms. The van der Waals surface area contributed by atoms with Gasteiger partial charge in [0.25, 0.3) is 0 Å². The first-order valence-electron chi connectivity index (χ1n) is 11.6. The van der Waals surface area contributed by atoms with Gasteiger partial charge in [-0.3, -0.25) is 9.59 Å². The number of nitrogens with zero attached hydrogens (tertiary/aromatic N) is 2. The second-order valence-corrected chi connectivity index (χ2v) is 10.9. The van der Waals surface area contributed by atoms with Gasteiger partial charge < -0.3 is 19.7 Å². The summed E-state index contributed by atoms with van der Waals surface area (Å²) in [5, 5.41) is 2.89. The van der Waals surface area contributed by atoms with E-state index in [2.05, 4.69) is 5.32 Å². The predicted octanol–water partition coefficient (Wildman–Crippen LogP) is 3.04. The fourth-order valence-electron chi connectivity index (χ4n) is 4.89. The Kier molecular flexibility index (Phi) is 7.05. The van der Waals surface area contributed by atoms with Crippen LogP contribution in [0, 0.1) is 5.92 Å². The number of sulfonamides is 1. The Balaban J connectivity index is 1.42. The molecular weight excluding hydrogens is 470 g/mol. The van der Waals surface area contributed by atoms with Crippen molar-refractivity contribution < 1.29 is 27.5 Å². The molecule has 1 atom stereocenters. The molecule has 0 unspecified atom stereocenters. The van der Waals surface area contributed by atoms with E-state index in [9.17, 15) is 18.0 Å². The van der Waals surface area contributed by atoms with Gasteiger partial charge in [0.1, 0.15) is 11.5 Å². The third kappa shape index (κ3) is 4.85. The number of methoxy groups -OCH3 is 2. The number of anilines is 2. The minimum atomic E-state index is -3.70. The number of rotatable bonds is 6. The summed E-state index contributed by atoms with van der Waals surface area (Å²) >= 11 is 0. The van der Waals surface area contributed by atoms with E-state index in [0.717, 1.165) is 11.3 Å². The molecule has 2 aliphatic rings. The largest absolute Gasteiger partial charge is 0.497 e. The average molecular weight is 502 g/mol. The third-order valence-electron chi connectivity index (χ3n) is 6.73. The van der Waals surface area contributed by atoms with Crippen LogP contribution in [0.4, 0.5) is 11.4 Å². The molecule has 9 nitrogen and oxygen atoms in total. The van der Waals surface area contributed by atoms with E-state index in [1.807, 2.05) is 6.92 Å². The molecule has 1 fully saturated rings. The molecule has 4 rings (SSSR count). The second kappa shape index (κ2) is 9.87. The van der Waals surface area contributed by atoms with Gasteiger partial charge in [0.15, 0.2) is 0 Å². The zero-order valence-electron chi connectivity index (χ0n) is 20.4. The Bertz CT molecular complexity index is 1240. The molecule has 0 saturated carbocycles. The van der Waals surface area contributed by atoms with Gasteiger partial charge in [0.2, 0.25) is 21.8 Å². The molecule has 2 amide bonds. The molecule has 0 aliphatic carbocycles. The topological polar surface area (TPSA) is 105 Å². The van der Waals surface area contributed by atoms with Gasteiger partial charge in [-0.1, -0.05) is 0 Å². The first-order valence-corrected chi connectivity index (χ1v) is 13.1. The highest BCUT2D eigenvalue weighted by Gasteiger charge is 2.34. The van der Waals surface area contributed by atoms with Crippen LogP contribution < -0.4 is 19.7 Å². The minimum Gasteiger partial charge on any atom is -0.497 e. The van der Waals surface area contributed by atoms with Crippen molar-refractivity contribution >= 4 is 33.2 Å². The van der Waals surface area contributed by atoms with Crippen molar-refractivity contribution in [1.29, 1.82) is 0 Å². The third-order valence-corrected chi connectivity index (χ3v) is 8.63. The van der Waals surface area contributed by atoms with E-state index in [1.165, 1.54) is 18.3 Å². The summed E-state index contributed by atoms with van der Waals surface area (Å²) in [4.78, 5) is 26.8. The Hall–Kier alpha value is -3.11. The molecule has 2 aliphatic heterocycles. The van der Waals surface area contributed by atoms with E-state index < -0.39 is 10.0 Å². The molecule has 188 valence electrons. The van der Waals surface area contributed by atoms with Crippen molar-refractivity contribution in [3.63, 3.8) is 0 Å². The van der Waals surface area contributed by atoms with Gasteiger partial charge in [-0.25, -0.2) is 8.42 Å². The Labute approximate surface area is 206 Å². The first kappa shape index (κ1) is 25.0. The Morgan fingerprint density at radius 3 is 2.37 bits per heavy atom. The monoisotopic (exact) mass is 501 g/mol. The normalized spacial score (nSPS) is 18.7. The van der Waals surface area contributed by atoms with E-state index in [4.69, 9.17) is 9.47 Å². The molecule has 2 heterocycles. The Morgan fingerprint density at radius 1 is 1.03 bits per heavy atom. The fourth-order valence-corrected chi connectivity index (χ4v) is 6.41. The summed E-state index contributed by atoms with van der Waals surface area (Å²) in [7, 11) is -0.628. The summed E-state index contributed by atoms with van der Waals surface area (Å²) in [6.45, 7) is 3.98. The van der Waals surface area contributed by atoms with Crippen molar-refractivity contribution in [2.45, 2.75) is 44.0 Å². The number of ether oxygens (including phenoxy) is 2. The van der Waals surface area contributed by atoms with Crippen LogP contribution in [-0.2, 0) is 26.0 Å². The number of carbonyl (C=O) groups excluding carboxylic acids is 2. The average Bonchev–Trinajstić information content (AvgIpc) is 3.19. The molecule has 35 heavy (non-hydrogen) atoms. The standard InChI is InChI=1S/C25H31N3O6S/c1-16-13-19-14-21(6-8-23(19)28(16)17(2)29)35(31,32)27-11-9-18(10-12-27)25(30)26-22-7-5-20(33-3)15-24(22)34-4/h5-8,14-16,18H,9-13H2,1-4H3,(H,26,30)/t16-/m0/s1. The molecule has 0 radical (unpaired) electrons. The lowest BCUT2D eigenvalue weighted by Gasteiger charge is -2.30. The van der Waals surface area contributed by atoms with Gasteiger partial charge >= 0.3 is 0 Å². The zero-order valence-corrected chi connectivity index (χ0v) is 21.2. The highest BCUT2D eigenvalue weighted by molar-refractivity contribution is 7.89. The highest BCUT2D eigenvalue weighted by atomic mass is 32.2. The minimum absolute atomic E-state index is 0.000891. The summed E-state index contributed by atoms with van der Waals surface area (Å²) in [6, 6.07) is 10.1. The van der Waals surface area contributed by atoms with Gasteiger partial charge in [0.05, 0.1) is 24.8 Å². The number of nitrogens with one attached hydrogen (secondary N) is 1. The maximum Gasteiger partial charge on any atom is 0.243 e. The maximum atomic E-state index is 13.3. The number of benzene rings is 2. The SMILES string of the molecule is COc1ccc(NC(=O)C2CCN(S(=O)(=O)c3ccc4c(c3)C[C@H](C)N4C(C)=O)CC2)c(OC)c1. The lowest BCUT2D eigenvalue weighted by atomic mass is 9.97. The number of hydrogen-bond acceptors (Lipinski definition) is 6. The van der Waals surface area contributed by atoms with Crippen LogP contribution >= 0.6 is 0 Å². The van der Waals surface area contributed by atoms with Crippen LogP contribution in [0.5, 0.6) is 11.5 Å². The van der Waals surface area contributed by atoms with Crippen molar-refractivity contribution in [1.82, 2.24) is 4.31 Å². The molecule has 2 aromatic rings. The number of amides is 2. The molecule has 0 spiro atoms. The smallest absolute Gasteiger partial charge is 0.243 e. The maximum absolute atomic E-state index is 13.3. The van der Waals surface area contributed by atoms with Gasteiger partial charge in [-0.15, -0.1) is 0 Å². The van der Waals surface area contributed by atoms with Crippen LogP contribution in [0.3, 0.4) is 0 Å².